The maximum absolute atomic E-state index is 4.57. The maximum Gasteiger partial charge on any atom is 0.234 e. The van der Waals surface area contributed by atoms with Gasteiger partial charge in [0.15, 0.2) is 0 Å². The highest BCUT2D eigenvalue weighted by Gasteiger charge is 2.25. The van der Waals surface area contributed by atoms with Gasteiger partial charge in [0, 0.05) is 43.6 Å². The van der Waals surface area contributed by atoms with Crippen molar-refractivity contribution >= 4 is 18.2 Å². The molecule has 1 atom stereocenters. The predicted octanol–water partition coefficient (Wildman–Crippen LogP) is 3.48. The Labute approximate surface area is 167 Å². The van der Waals surface area contributed by atoms with E-state index in [4.69, 9.17) is 0 Å². The van der Waals surface area contributed by atoms with Gasteiger partial charge in [-0.05, 0) is 37.5 Å². The summed E-state index contributed by atoms with van der Waals surface area (Å²) in [6, 6.07) is 11.6. The average Bonchev–Trinajstić information content (AvgIpc) is 3.05. The molecule has 6 heteroatoms. The molecular weight excluding hydrogens is 358 g/mol. The van der Waals surface area contributed by atoms with Crippen molar-refractivity contribution in [3.63, 3.8) is 0 Å². The van der Waals surface area contributed by atoms with E-state index in [2.05, 4.69) is 68.8 Å². The fourth-order valence-corrected chi connectivity index (χ4v) is 3.96. The Morgan fingerprint density at radius 2 is 1.96 bits per heavy atom. The van der Waals surface area contributed by atoms with Gasteiger partial charge in [0.25, 0.3) is 0 Å². The van der Waals surface area contributed by atoms with E-state index in [1.165, 1.54) is 22.5 Å². The molecule has 2 aromatic heterocycles. The van der Waals surface area contributed by atoms with Gasteiger partial charge in [-0.15, -0.1) is 12.4 Å². The third-order valence-corrected chi connectivity index (χ3v) is 5.36. The summed E-state index contributed by atoms with van der Waals surface area (Å²) >= 11 is 0. The van der Waals surface area contributed by atoms with Crippen LogP contribution in [-0.4, -0.2) is 38.9 Å². The minimum Gasteiger partial charge on any atom is -0.314 e. The zero-order chi connectivity index (χ0) is 18.1. The molecule has 5 nitrogen and oxygen atoms in total. The molecule has 3 aromatic rings. The van der Waals surface area contributed by atoms with Gasteiger partial charge >= 0.3 is 0 Å². The van der Waals surface area contributed by atoms with Gasteiger partial charge < -0.3 is 5.32 Å². The quantitative estimate of drug-likeness (QED) is 0.746. The van der Waals surface area contributed by atoms with Crippen molar-refractivity contribution in [2.45, 2.75) is 39.8 Å². The van der Waals surface area contributed by atoms with Crippen LogP contribution in [0.4, 0.5) is 0 Å². The number of aryl methyl sites for hydroxylation is 3. The topological polar surface area (TPSA) is 45.5 Å². The lowest BCUT2D eigenvalue weighted by Crippen LogP contribution is -2.45. The van der Waals surface area contributed by atoms with Gasteiger partial charge in [-0.1, -0.05) is 31.2 Å². The summed E-state index contributed by atoms with van der Waals surface area (Å²) in [5, 5.41) is 3.55. The molecule has 144 valence electrons. The van der Waals surface area contributed by atoms with Crippen LogP contribution in [0.1, 0.15) is 41.2 Å². The molecule has 0 aliphatic carbocycles. The Morgan fingerprint density at radius 3 is 2.70 bits per heavy atom. The van der Waals surface area contributed by atoms with Crippen LogP contribution in [0.2, 0.25) is 0 Å². The minimum absolute atomic E-state index is 0. The number of aromatic nitrogens is 3. The molecule has 1 aliphatic rings. The zero-order valence-corrected chi connectivity index (χ0v) is 17.1. The molecule has 0 amide bonds. The highest BCUT2D eigenvalue weighted by molar-refractivity contribution is 5.85. The highest BCUT2D eigenvalue weighted by Crippen LogP contribution is 2.25. The molecule has 4 rings (SSSR count). The standard InChI is InChI=1S/C21H27N5.ClH/c1-4-17-5-7-18(8-6-17)20-13-22-9-10-25(20)14-19-12-23-21-24-15(2)11-16(3)26(19)21;/h5-8,11-12,20,22H,4,9-10,13-14H2,1-3H3;1H. The fourth-order valence-electron chi connectivity index (χ4n) is 3.96. The first kappa shape index (κ1) is 19.8. The second-order valence-corrected chi connectivity index (χ2v) is 7.21. The van der Waals surface area contributed by atoms with Crippen LogP contribution < -0.4 is 5.32 Å². The van der Waals surface area contributed by atoms with Crippen molar-refractivity contribution < 1.29 is 0 Å². The largest absolute Gasteiger partial charge is 0.314 e. The molecule has 1 unspecified atom stereocenters. The van der Waals surface area contributed by atoms with E-state index in [-0.39, 0.29) is 12.4 Å². The minimum atomic E-state index is 0. The second kappa shape index (κ2) is 8.38. The molecule has 1 saturated heterocycles. The van der Waals surface area contributed by atoms with Crippen LogP contribution in [0.5, 0.6) is 0 Å². The Balaban J connectivity index is 0.00000210. The molecule has 1 fully saturated rings. The lowest BCUT2D eigenvalue weighted by atomic mass is 10.0. The Kier molecular flexibility index (Phi) is 6.15. The number of fused-ring (bicyclic) bond motifs is 1. The number of hydrogen-bond acceptors (Lipinski definition) is 4. The summed E-state index contributed by atoms with van der Waals surface area (Å²) in [5.74, 6) is 0.802. The first-order chi connectivity index (χ1) is 12.7. The van der Waals surface area contributed by atoms with Gasteiger partial charge in [-0.2, -0.15) is 0 Å². The molecule has 0 saturated carbocycles. The SMILES string of the molecule is CCc1ccc(C2CNCCN2Cc2cnc3nc(C)cc(C)n23)cc1.Cl. The highest BCUT2D eigenvalue weighted by atomic mass is 35.5. The van der Waals surface area contributed by atoms with Crippen molar-refractivity contribution in [1.82, 2.24) is 24.6 Å². The number of rotatable bonds is 4. The van der Waals surface area contributed by atoms with E-state index in [0.717, 1.165) is 44.1 Å². The fraction of sp³-hybridized carbons (Fsp3) is 0.429. The van der Waals surface area contributed by atoms with Crippen LogP contribution in [0.25, 0.3) is 5.78 Å². The number of piperazine rings is 1. The second-order valence-electron chi connectivity index (χ2n) is 7.21. The third-order valence-electron chi connectivity index (χ3n) is 5.36. The first-order valence-corrected chi connectivity index (χ1v) is 9.50. The molecule has 0 bridgehead atoms. The van der Waals surface area contributed by atoms with Crippen LogP contribution in [0.15, 0.2) is 36.5 Å². The Bertz CT molecular complexity index is 903. The van der Waals surface area contributed by atoms with Crippen LogP contribution >= 0.6 is 12.4 Å². The van der Waals surface area contributed by atoms with Gasteiger partial charge in [0.1, 0.15) is 0 Å². The average molecular weight is 386 g/mol. The van der Waals surface area contributed by atoms with Crippen molar-refractivity contribution in [3.05, 3.63) is 64.7 Å². The lowest BCUT2D eigenvalue weighted by molar-refractivity contribution is 0.151. The van der Waals surface area contributed by atoms with E-state index in [1.807, 2.05) is 13.1 Å². The number of halogens is 1. The van der Waals surface area contributed by atoms with Gasteiger partial charge in [-0.25, -0.2) is 9.97 Å². The van der Waals surface area contributed by atoms with E-state index in [0.29, 0.717) is 6.04 Å². The lowest BCUT2D eigenvalue weighted by Gasteiger charge is -2.36. The van der Waals surface area contributed by atoms with Crippen molar-refractivity contribution in [3.8, 4) is 0 Å². The Hall–Kier alpha value is -1.95. The molecule has 0 radical (unpaired) electrons. The maximum atomic E-state index is 4.57. The van der Waals surface area contributed by atoms with Crippen LogP contribution in [-0.2, 0) is 13.0 Å². The zero-order valence-electron chi connectivity index (χ0n) is 16.3. The monoisotopic (exact) mass is 385 g/mol. The van der Waals surface area contributed by atoms with Crippen LogP contribution in [0.3, 0.4) is 0 Å². The summed E-state index contributed by atoms with van der Waals surface area (Å²) in [7, 11) is 0. The summed E-state index contributed by atoms with van der Waals surface area (Å²) in [4.78, 5) is 11.7. The molecule has 0 spiro atoms. The van der Waals surface area contributed by atoms with E-state index < -0.39 is 0 Å². The van der Waals surface area contributed by atoms with Gasteiger partial charge in [-0.3, -0.25) is 9.30 Å². The number of nitrogens with zero attached hydrogens (tertiary/aromatic N) is 4. The molecule has 27 heavy (non-hydrogen) atoms. The smallest absolute Gasteiger partial charge is 0.234 e. The summed E-state index contributed by atoms with van der Waals surface area (Å²) in [6.45, 7) is 10.3. The van der Waals surface area contributed by atoms with E-state index >= 15 is 0 Å². The van der Waals surface area contributed by atoms with E-state index in [1.54, 1.807) is 0 Å². The molecular formula is C21H28ClN5. The Morgan fingerprint density at radius 1 is 1.19 bits per heavy atom. The third kappa shape index (κ3) is 4.00. The normalized spacial score (nSPS) is 17.8. The van der Waals surface area contributed by atoms with Gasteiger partial charge in [0.2, 0.25) is 5.78 Å². The van der Waals surface area contributed by atoms with Crippen LogP contribution in [0, 0.1) is 13.8 Å². The first-order valence-electron chi connectivity index (χ1n) is 9.50. The number of hydrogen-bond donors (Lipinski definition) is 1. The number of nitrogens with one attached hydrogen (secondary N) is 1. The molecule has 1 aliphatic heterocycles. The summed E-state index contributed by atoms with van der Waals surface area (Å²) in [5.41, 5.74) is 6.20. The van der Waals surface area contributed by atoms with Crippen molar-refractivity contribution in [1.29, 1.82) is 0 Å². The van der Waals surface area contributed by atoms with Crippen molar-refractivity contribution in [2.75, 3.05) is 19.6 Å². The molecule has 1 aromatic carbocycles. The van der Waals surface area contributed by atoms with Crippen molar-refractivity contribution in [2.24, 2.45) is 0 Å². The van der Waals surface area contributed by atoms with Gasteiger partial charge in [0.05, 0.1) is 11.9 Å². The molecule has 3 heterocycles. The number of benzene rings is 1. The summed E-state index contributed by atoms with van der Waals surface area (Å²) < 4.78 is 2.19. The van der Waals surface area contributed by atoms with E-state index in [9.17, 15) is 0 Å². The summed E-state index contributed by atoms with van der Waals surface area (Å²) in [6.07, 6.45) is 3.06. The number of imidazole rings is 1. The predicted molar refractivity (Wildman–Crippen MR) is 112 cm³/mol. The molecule has 1 N–H and O–H groups in total.